The largest absolute Gasteiger partial charge is 0.505 e. The minimum absolute atomic E-state index is 0.210. The van der Waals surface area contributed by atoms with Crippen molar-refractivity contribution in [2.45, 2.75) is 19.3 Å². The van der Waals surface area contributed by atoms with Crippen LogP contribution in [0.5, 0.6) is 0 Å². The first-order chi connectivity index (χ1) is 6.39. The Morgan fingerprint density at radius 3 is 2.43 bits per heavy atom. The fourth-order valence-corrected chi connectivity index (χ4v) is 1.89. The minimum atomic E-state index is -4.72. The molecule has 1 aliphatic carbocycles. The summed E-state index contributed by atoms with van der Waals surface area (Å²) in [7, 11) is 3.90. The van der Waals surface area contributed by atoms with Gasteiger partial charge >= 0.3 is 6.98 Å². The van der Waals surface area contributed by atoms with Gasteiger partial charge in [-0.05, 0) is 32.9 Å². The first-order valence-electron chi connectivity index (χ1n) is 4.93. The van der Waals surface area contributed by atoms with E-state index in [1.807, 2.05) is 19.0 Å². The van der Waals surface area contributed by atoms with E-state index < -0.39 is 6.98 Å². The fourth-order valence-electron chi connectivity index (χ4n) is 1.89. The molecule has 1 rings (SSSR count). The van der Waals surface area contributed by atoms with Crippen LogP contribution >= 0.6 is 0 Å². The lowest BCUT2D eigenvalue weighted by Gasteiger charge is -2.29. The summed E-state index contributed by atoms with van der Waals surface area (Å²) in [6, 6.07) is 0. The second-order valence-corrected chi connectivity index (χ2v) is 4.26. The zero-order valence-electron chi connectivity index (χ0n) is 8.64. The number of allylic oxidation sites excluding steroid dienone is 2. The van der Waals surface area contributed by atoms with E-state index >= 15 is 0 Å². The maximum absolute atomic E-state index is 12.3. The molecule has 5 heteroatoms. The number of hydrogen-bond donors (Lipinski definition) is 0. The molecule has 0 fully saturated rings. The average Bonchev–Trinajstić information content (AvgIpc) is 2.02. The topological polar surface area (TPSA) is 3.24 Å². The van der Waals surface area contributed by atoms with Gasteiger partial charge in [-0.1, -0.05) is 6.42 Å². The van der Waals surface area contributed by atoms with Gasteiger partial charge in [0, 0.05) is 6.54 Å². The molecule has 1 aliphatic rings. The van der Waals surface area contributed by atoms with Crippen molar-refractivity contribution < 1.29 is 12.9 Å². The summed E-state index contributed by atoms with van der Waals surface area (Å²) in [4.78, 5) is 2.03. The molecule has 1 nitrogen and oxygen atoms in total. The zero-order valence-corrected chi connectivity index (χ0v) is 8.64. The predicted octanol–water partition coefficient (Wildman–Crippen LogP) is 2.66. The molecule has 0 aromatic heterocycles. The third-order valence-electron chi connectivity index (χ3n) is 2.60. The highest BCUT2D eigenvalue weighted by Crippen LogP contribution is 2.31. The molecule has 0 radical (unpaired) electrons. The maximum Gasteiger partial charge on any atom is 0.505 e. The lowest BCUT2D eigenvalue weighted by Crippen LogP contribution is -2.27. The van der Waals surface area contributed by atoms with Crippen molar-refractivity contribution in [1.29, 1.82) is 0 Å². The van der Waals surface area contributed by atoms with Crippen molar-refractivity contribution in [3.8, 4) is 0 Å². The van der Waals surface area contributed by atoms with Crippen LogP contribution in [0.2, 0.25) is 0 Å². The van der Waals surface area contributed by atoms with Crippen LogP contribution in [-0.2, 0) is 0 Å². The molecule has 82 valence electrons. The molecule has 0 spiro atoms. The molecule has 14 heavy (non-hydrogen) atoms. The van der Waals surface area contributed by atoms with Crippen molar-refractivity contribution in [3.05, 3.63) is 11.5 Å². The molecule has 1 atom stereocenters. The third kappa shape index (κ3) is 3.37. The molecule has 0 saturated heterocycles. The molecule has 0 aromatic carbocycles. The Hall–Kier alpha value is -0.445. The van der Waals surface area contributed by atoms with Crippen molar-refractivity contribution in [2.75, 3.05) is 20.6 Å². The van der Waals surface area contributed by atoms with Crippen LogP contribution in [0.1, 0.15) is 19.3 Å². The summed E-state index contributed by atoms with van der Waals surface area (Å²) < 4.78 is 36.9. The molecule has 0 aromatic rings. The molecule has 1 unspecified atom stereocenters. The highest BCUT2D eigenvalue weighted by molar-refractivity contribution is 6.66. The van der Waals surface area contributed by atoms with Crippen molar-refractivity contribution in [3.63, 3.8) is 0 Å². The summed E-state index contributed by atoms with van der Waals surface area (Å²) in [5.41, 5.74) is -0.278. The van der Waals surface area contributed by atoms with Crippen LogP contribution in [0.25, 0.3) is 0 Å². The third-order valence-corrected chi connectivity index (χ3v) is 2.60. The van der Waals surface area contributed by atoms with Gasteiger partial charge in [0.1, 0.15) is 0 Å². The van der Waals surface area contributed by atoms with E-state index in [0.717, 1.165) is 6.54 Å². The van der Waals surface area contributed by atoms with Crippen molar-refractivity contribution in [2.24, 2.45) is 5.92 Å². The van der Waals surface area contributed by atoms with Gasteiger partial charge in [0.2, 0.25) is 0 Å². The van der Waals surface area contributed by atoms with Gasteiger partial charge in [0.15, 0.2) is 0 Å². The molecule has 0 saturated carbocycles. The van der Waals surface area contributed by atoms with E-state index in [4.69, 9.17) is 0 Å². The van der Waals surface area contributed by atoms with Crippen LogP contribution in [0.15, 0.2) is 11.5 Å². The molecule has 0 aliphatic heterocycles. The lowest BCUT2D eigenvalue weighted by atomic mass is 9.71. The summed E-state index contributed by atoms with van der Waals surface area (Å²) >= 11 is 0. The summed E-state index contributed by atoms with van der Waals surface area (Å²) in [6.45, 7) is -3.84. The Morgan fingerprint density at radius 2 is 2.07 bits per heavy atom. The van der Waals surface area contributed by atoms with Gasteiger partial charge in [-0.2, -0.15) is 0 Å². The van der Waals surface area contributed by atoms with Gasteiger partial charge in [0.25, 0.3) is 0 Å². The van der Waals surface area contributed by atoms with E-state index in [-0.39, 0.29) is 11.9 Å². The number of rotatable bonds is 3. The van der Waals surface area contributed by atoms with E-state index in [0.29, 0.717) is 18.8 Å². The minimum Gasteiger partial charge on any atom is -0.445 e. The highest BCUT2D eigenvalue weighted by atomic mass is 19.4. The van der Waals surface area contributed by atoms with Gasteiger partial charge in [-0.3, -0.25) is 0 Å². The number of hydrogen-bond acceptors (Lipinski definition) is 1. The maximum atomic E-state index is 12.3. The molecule has 0 amide bonds. The average molecular weight is 206 g/mol. The van der Waals surface area contributed by atoms with Crippen LogP contribution in [0.3, 0.4) is 0 Å². The van der Waals surface area contributed by atoms with Crippen LogP contribution in [0, 0.1) is 5.92 Å². The summed E-state index contributed by atoms with van der Waals surface area (Å²) in [5, 5.41) is 0. The van der Waals surface area contributed by atoms with Crippen LogP contribution in [-0.4, -0.2) is 32.5 Å². The van der Waals surface area contributed by atoms with Crippen LogP contribution < -0.4 is 0 Å². The Labute approximate surface area is 83.0 Å². The predicted molar refractivity (Wildman–Crippen MR) is 53.1 cm³/mol. The Kier molecular flexibility index (Phi) is 3.64. The quantitative estimate of drug-likeness (QED) is 0.641. The summed E-state index contributed by atoms with van der Waals surface area (Å²) in [6.07, 6.45) is 2.85. The van der Waals surface area contributed by atoms with Gasteiger partial charge in [0.05, 0.1) is 0 Å². The molecular weight excluding hydrogens is 190 g/mol. The van der Waals surface area contributed by atoms with Gasteiger partial charge in [-0.25, -0.2) is 0 Å². The molecular formula is C9H16BF3N-. The lowest BCUT2D eigenvalue weighted by molar-refractivity contribution is 0.306. The van der Waals surface area contributed by atoms with E-state index in [2.05, 4.69) is 0 Å². The van der Waals surface area contributed by atoms with E-state index in [1.54, 1.807) is 0 Å². The Balaban J connectivity index is 2.47. The van der Waals surface area contributed by atoms with E-state index in [9.17, 15) is 12.9 Å². The smallest absolute Gasteiger partial charge is 0.445 e. The zero-order chi connectivity index (χ0) is 10.8. The Bertz CT molecular complexity index is 223. The fraction of sp³-hybridized carbons (Fsp3) is 0.778. The van der Waals surface area contributed by atoms with Crippen molar-refractivity contribution in [1.82, 2.24) is 4.90 Å². The van der Waals surface area contributed by atoms with Crippen LogP contribution in [0.4, 0.5) is 12.9 Å². The second kappa shape index (κ2) is 4.38. The summed E-state index contributed by atoms with van der Waals surface area (Å²) in [5.74, 6) is 0.395. The van der Waals surface area contributed by atoms with Gasteiger partial charge < -0.3 is 17.8 Å². The molecule has 0 heterocycles. The Morgan fingerprint density at radius 1 is 1.43 bits per heavy atom. The monoisotopic (exact) mass is 206 g/mol. The highest BCUT2D eigenvalue weighted by Gasteiger charge is 2.30. The SMILES string of the molecule is CN(C)CC1CC=C([B-](F)(F)F)CC1. The van der Waals surface area contributed by atoms with E-state index in [1.165, 1.54) is 6.08 Å². The first kappa shape index (κ1) is 11.6. The second-order valence-electron chi connectivity index (χ2n) is 4.26. The normalized spacial score (nSPS) is 23.9. The molecule has 0 N–H and O–H groups in total. The standard InChI is InChI=1S/C9H16BF3N/c1-14(2)7-8-3-5-9(6-4-8)10(11,12)13/h5,8H,3-4,6-7H2,1-2H3/q-1. The van der Waals surface area contributed by atoms with Crippen molar-refractivity contribution >= 4 is 6.98 Å². The first-order valence-corrected chi connectivity index (χ1v) is 4.93. The van der Waals surface area contributed by atoms with Gasteiger partial charge in [-0.15, -0.1) is 11.5 Å². The molecule has 0 bridgehead atoms. The number of halogens is 3. The number of nitrogens with zero attached hydrogens (tertiary/aromatic N) is 1.